The molecule has 192 valence electrons. The normalized spacial score (nSPS) is 14.7. The molecule has 1 aliphatic heterocycles. The van der Waals surface area contributed by atoms with Crippen molar-refractivity contribution in [2.45, 2.75) is 32.2 Å². The first kappa shape index (κ1) is 25.0. The quantitative estimate of drug-likeness (QED) is 0.248. The number of fused-ring (bicyclic) bond motifs is 1. The van der Waals surface area contributed by atoms with Crippen LogP contribution in [0, 0.1) is 0 Å². The number of methoxy groups -OCH3 is 1. The predicted molar refractivity (Wildman–Crippen MR) is 143 cm³/mol. The van der Waals surface area contributed by atoms with Crippen molar-refractivity contribution in [2.75, 3.05) is 25.6 Å². The Labute approximate surface area is 223 Å². The van der Waals surface area contributed by atoms with E-state index in [4.69, 9.17) is 23.7 Å². The summed E-state index contributed by atoms with van der Waals surface area (Å²) in [6.45, 7) is 3.15. The molecule has 0 spiro atoms. The molecule has 0 aliphatic carbocycles. The number of pyridine rings is 1. The summed E-state index contributed by atoms with van der Waals surface area (Å²) < 4.78 is 30.3. The van der Waals surface area contributed by atoms with E-state index in [2.05, 4.69) is 36.2 Å². The van der Waals surface area contributed by atoms with Crippen molar-refractivity contribution in [3.8, 4) is 23.0 Å². The van der Waals surface area contributed by atoms with Crippen LogP contribution in [-0.4, -0.2) is 47.7 Å². The number of aromatic nitrogens is 3. The number of halogens is 1. The van der Waals surface area contributed by atoms with Crippen LogP contribution in [0.3, 0.4) is 0 Å². The van der Waals surface area contributed by atoms with Crippen molar-refractivity contribution < 1.29 is 23.7 Å². The summed E-state index contributed by atoms with van der Waals surface area (Å²) in [5, 5.41) is 4.16. The lowest BCUT2D eigenvalue weighted by molar-refractivity contribution is 0.0200. The lowest BCUT2D eigenvalue weighted by Crippen LogP contribution is -2.26. The fraction of sp³-hybridized carbons (Fsp3) is 0.296. The summed E-state index contributed by atoms with van der Waals surface area (Å²) in [5.74, 6) is 3.19. The van der Waals surface area contributed by atoms with Crippen molar-refractivity contribution in [3.63, 3.8) is 0 Å². The summed E-state index contributed by atoms with van der Waals surface area (Å²) in [6, 6.07) is 13.0. The second kappa shape index (κ2) is 11.6. The summed E-state index contributed by atoms with van der Waals surface area (Å²) in [4.78, 5) is 13.1. The van der Waals surface area contributed by atoms with Crippen LogP contribution in [0.15, 0.2) is 65.7 Å². The van der Waals surface area contributed by atoms with Gasteiger partial charge in [-0.1, -0.05) is 0 Å². The third-order valence-corrected chi connectivity index (χ3v) is 6.51. The Balaban J connectivity index is 1.50. The number of hydrogen-bond acceptors (Lipinski definition) is 9. The topological polar surface area (TPSA) is 96.9 Å². The maximum absolute atomic E-state index is 6.50. The standard InChI is InChI=1S/C27H27BrN4O5/c1-17(35-18-5-9-29-10-6-18)36-21-14-24-26(25(15-21)37-19-7-11-34-12-8-19)27(31-16-30-24)32-23-13-20(33-2)3-4-22(23)28/h3-6,9-10,13-17,19H,7-8,11-12H2,1-2H3,(H,30,31,32). The minimum absolute atomic E-state index is 0.00861. The minimum atomic E-state index is -0.553. The first-order valence-corrected chi connectivity index (χ1v) is 12.8. The number of nitrogens with zero attached hydrogens (tertiary/aromatic N) is 3. The van der Waals surface area contributed by atoms with Crippen molar-refractivity contribution >= 4 is 38.3 Å². The molecular weight excluding hydrogens is 540 g/mol. The van der Waals surface area contributed by atoms with Gasteiger partial charge >= 0.3 is 0 Å². The highest BCUT2D eigenvalue weighted by atomic mass is 79.9. The van der Waals surface area contributed by atoms with Gasteiger partial charge in [-0.2, -0.15) is 0 Å². The molecule has 0 radical (unpaired) electrons. The van der Waals surface area contributed by atoms with Gasteiger partial charge in [-0.05, 0) is 40.2 Å². The van der Waals surface area contributed by atoms with Crippen molar-refractivity contribution in [1.29, 1.82) is 0 Å². The molecule has 2 aromatic carbocycles. The Morgan fingerprint density at radius 2 is 1.76 bits per heavy atom. The van der Waals surface area contributed by atoms with Crippen LogP contribution in [0.4, 0.5) is 11.5 Å². The van der Waals surface area contributed by atoms with Crippen molar-refractivity contribution in [2.24, 2.45) is 0 Å². The fourth-order valence-electron chi connectivity index (χ4n) is 4.04. The second-order valence-corrected chi connectivity index (χ2v) is 9.28. The van der Waals surface area contributed by atoms with Crippen LogP contribution in [0.2, 0.25) is 0 Å². The fourth-order valence-corrected chi connectivity index (χ4v) is 4.38. The molecule has 4 aromatic rings. The van der Waals surface area contributed by atoms with Gasteiger partial charge in [-0.15, -0.1) is 0 Å². The van der Waals surface area contributed by atoms with E-state index in [1.54, 1.807) is 31.6 Å². The lowest BCUT2D eigenvalue weighted by Gasteiger charge is -2.25. The van der Waals surface area contributed by atoms with Gasteiger partial charge in [0.15, 0.2) is 0 Å². The molecule has 2 aromatic heterocycles. The van der Waals surface area contributed by atoms with Crippen molar-refractivity contribution in [1.82, 2.24) is 15.0 Å². The van der Waals surface area contributed by atoms with Crippen LogP contribution in [0.5, 0.6) is 23.0 Å². The van der Waals surface area contributed by atoms with E-state index in [0.717, 1.165) is 34.1 Å². The highest BCUT2D eigenvalue weighted by Gasteiger charge is 2.21. The zero-order valence-corrected chi connectivity index (χ0v) is 22.1. The number of nitrogens with one attached hydrogen (secondary N) is 1. The molecule has 0 amide bonds. The molecule has 3 heterocycles. The third kappa shape index (κ3) is 6.20. The minimum Gasteiger partial charge on any atom is -0.497 e. The van der Waals surface area contributed by atoms with E-state index in [1.165, 1.54) is 6.33 Å². The summed E-state index contributed by atoms with van der Waals surface area (Å²) in [5.41, 5.74) is 1.48. The molecule has 1 saturated heterocycles. The molecule has 1 aliphatic rings. The Morgan fingerprint density at radius 1 is 0.973 bits per heavy atom. The van der Waals surface area contributed by atoms with E-state index in [9.17, 15) is 0 Å². The van der Waals surface area contributed by atoms with E-state index >= 15 is 0 Å². The molecule has 9 nitrogen and oxygen atoms in total. The largest absolute Gasteiger partial charge is 0.497 e. The van der Waals surface area contributed by atoms with Crippen LogP contribution in [0.25, 0.3) is 10.9 Å². The molecule has 10 heteroatoms. The van der Waals surface area contributed by atoms with Gasteiger partial charge in [-0.3, -0.25) is 4.98 Å². The molecule has 1 unspecified atom stereocenters. The van der Waals surface area contributed by atoms with E-state index < -0.39 is 6.29 Å². The molecule has 37 heavy (non-hydrogen) atoms. The maximum Gasteiger partial charge on any atom is 0.238 e. The monoisotopic (exact) mass is 566 g/mol. The van der Waals surface area contributed by atoms with Crippen LogP contribution in [0.1, 0.15) is 19.8 Å². The molecule has 5 rings (SSSR count). The van der Waals surface area contributed by atoms with E-state index in [-0.39, 0.29) is 6.10 Å². The Hall–Kier alpha value is -3.63. The molecule has 0 saturated carbocycles. The number of benzene rings is 2. The molecule has 1 N–H and O–H groups in total. The highest BCUT2D eigenvalue weighted by Crippen LogP contribution is 2.38. The van der Waals surface area contributed by atoms with Gasteiger partial charge in [0, 0.05) is 54.8 Å². The van der Waals surface area contributed by atoms with Gasteiger partial charge in [0.25, 0.3) is 0 Å². The molecular formula is C27H27BrN4O5. The van der Waals surface area contributed by atoms with Crippen LogP contribution < -0.4 is 24.3 Å². The second-order valence-electron chi connectivity index (χ2n) is 8.42. The predicted octanol–water partition coefficient (Wildman–Crippen LogP) is 5.90. The number of anilines is 2. The smallest absolute Gasteiger partial charge is 0.238 e. The number of rotatable bonds is 9. The maximum atomic E-state index is 6.50. The lowest BCUT2D eigenvalue weighted by atomic mass is 10.1. The van der Waals surface area contributed by atoms with Gasteiger partial charge in [0.2, 0.25) is 6.29 Å². The van der Waals surface area contributed by atoms with Gasteiger partial charge < -0.3 is 29.0 Å². The van der Waals surface area contributed by atoms with Gasteiger partial charge in [0.1, 0.15) is 41.2 Å². The van der Waals surface area contributed by atoms with Gasteiger partial charge in [0.05, 0.1) is 36.9 Å². The Bertz CT molecular complexity index is 1350. The highest BCUT2D eigenvalue weighted by molar-refractivity contribution is 9.10. The van der Waals surface area contributed by atoms with E-state index in [1.807, 2.05) is 37.3 Å². The average molecular weight is 567 g/mol. The number of hydrogen-bond donors (Lipinski definition) is 1. The van der Waals surface area contributed by atoms with Gasteiger partial charge in [-0.25, -0.2) is 9.97 Å². The summed E-state index contributed by atoms with van der Waals surface area (Å²) >= 11 is 3.60. The van der Waals surface area contributed by atoms with Crippen LogP contribution >= 0.6 is 15.9 Å². The Morgan fingerprint density at radius 3 is 2.54 bits per heavy atom. The average Bonchev–Trinajstić information content (AvgIpc) is 2.91. The first-order chi connectivity index (χ1) is 18.1. The molecule has 0 bridgehead atoms. The SMILES string of the molecule is COc1ccc(Br)c(Nc2ncnc3cc(OC(C)Oc4ccncc4)cc(OC4CCOCC4)c23)c1. The van der Waals surface area contributed by atoms with E-state index in [0.29, 0.717) is 41.8 Å². The zero-order valence-electron chi connectivity index (χ0n) is 20.5. The summed E-state index contributed by atoms with van der Waals surface area (Å²) in [7, 11) is 1.63. The first-order valence-electron chi connectivity index (χ1n) is 12.0. The van der Waals surface area contributed by atoms with Crippen molar-refractivity contribution in [3.05, 3.63) is 65.7 Å². The van der Waals surface area contributed by atoms with Crippen LogP contribution in [-0.2, 0) is 4.74 Å². The summed E-state index contributed by atoms with van der Waals surface area (Å²) in [6.07, 6.45) is 5.90. The molecule has 1 fully saturated rings. The molecule has 1 atom stereocenters. The third-order valence-electron chi connectivity index (χ3n) is 5.82. The Kier molecular flexibility index (Phi) is 7.86. The number of ether oxygens (including phenoxy) is 5. The zero-order chi connectivity index (χ0) is 25.6.